The first-order valence-corrected chi connectivity index (χ1v) is 8.74. The molecule has 0 fully saturated rings. The van der Waals surface area contributed by atoms with Crippen molar-refractivity contribution in [1.29, 1.82) is 0 Å². The molecule has 0 radical (unpaired) electrons. The lowest BCUT2D eigenvalue weighted by molar-refractivity contribution is 0.0950. The minimum atomic E-state index is -0.115. The number of hydrogen-bond acceptors (Lipinski definition) is 4. The second-order valence-corrected chi connectivity index (χ2v) is 6.48. The van der Waals surface area contributed by atoms with Crippen molar-refractivity contribution in [2.45, 2.75) is 27.2 Å². The van der Waals surface area contributed by atoms with Crippen molar-refractivity contribution in [3.8, 4) is 5.75 Å². The molecule has 0 bridgehead atoms. The molecule has 3 rings (SSSR count). The second-order valence-electron chi connectivity index (χ2n) is 6.48. The maximum absolute atomic E-state index is 12.5. The van der Waals surface area contributed by atoms with Gasteiger partial charge in [0.25, 0.3) is 5.91 Å². The topological polar surface area (TPSA) is 69.0 Å². The summed E-state index contributed by atoms with van der Waals surface area (Å²) in [5.41, 5.74) is 4.13. The Balaban J connectivity index is 1.56. The number of rotatable bonds is 6. The zero-order valence-corrected chi connectivity index (χ0v) is 15.7. The van der Waals surface area contributed by atoms with E-state index in [4.69, 9.17) is 4.74 Å². The van der Waals surface area contributed by atoms with Gasteiger partial charge in [0, 0.05) is 19.0 Å². The summed E-state index contributed by atoms with van der Waals surface area (Å²) < 4.78 is 7.44. The predicted molar refractivity (Wildman–Crippen MR) is 102 cm³/mol. The summed E-state index contributed by atoms with van der Waals surface area (Å²) in [6.07, 6.45) is 0.736. The first kappa shape index (κ1) is 17.9. The molecular formula is C20H24N4O2. The van der Waals surface area contributed by atoms with Crippen LogP contribution in [0.15, 0.2) is 30.3 Å². The van der Waals surface area contributed by atoms with Gasteiger partial charge in [0.05, 0.1) is 23.6 Å². The summed E-state index contributed by atoms with van der Waals surface area (Å²) in [6, 6.07) is 9.81. The van der Waals surface area contributed by atoms with E-state index in [2.05, 4.69) is 15.4 Å². The lowest BCUT2D eigenvalue weighted by atomic mass is 10.1. The fraction of sp³-hybridized carbons (Fsp3) is 0.350. The summed E-state index contributed by atoms with van der Waals surface area (Å²) >= 11 is 0. The Labute approximate surface area is 153 Å². The average molecular weight is 352 g/mol. The van der Waals surface area contributed by atoms with Gasteiger partial charge >= 0.3 is 0 Å². The first-order valence-electron chi connectivity index (χ1n) is 8.74. The molecule has 0 spiro atoms. The Bertz CT molecular complexity index is 946. The average Bonchev–Trinajstić information content (AvgIpc) is 2.87. The standard InChI is InChI=1S/C20H24N4O2/c1-13-7-5-8-16(11-13)26-10-6-9-21-20(25)18-12-17-15(3)23-24(4)19(17)22-14(18)2/h5,7-8,11-12H,6,9-10H2,1-4H3,(H,21,25). The van der Waals surface area contributed by atoms with Crippen LogP contribution in [0.5, 0.6) is 5.75 Å². The molecule has 0 saturated carbocycles. The molecule has 0 unspecified atom stereocenters. The molecule has 1 aromatic carbocycles. The normalized spacial score (nSPS) is 10.9. The minimum Gasteiger partial charge on any atom is -0.494 e. The van der Waals surface area contributed by atoms with E-state index in [1.165, 1.54) is 5.56 Å². The molecule has 2 heterocycles. The van der Waals surface area contributed by atoms with Crippen molar-refractivity contribution in [1.82, 2.24) is 20.1 Å². The molecule has 1 N–H and O–H groups in total. The minimum absolute atomic E-state index is 0.115. The van der Waals surface area contributed by atoms with Crippen molar-refractivity contribution in [3.05, 3.63) is 52.8 Å². The van der Waals surface area contributed by atoms with E-state index in [1.807, 2.05) is 58.2 Å². The van der Waals surface area contributed by atoms with Crippen LogP contribution in [-0.4, -0.2) is 33.8 Å². The molecule has 1 amide bonds. The number of aryl methyl sites for hydroxylation is 4. The number of aromatic nitrogens is 3. The van der Waals surface area contributed by atoms with Gasteiger partial charge in [-0.3, -0.25) is 9.48 Å². The Morgan fingerprint density at radius 3 is 2.77 bits per heavy atom. The van der Waals surface area contributed by atoms with Crippen LogP contribution in [0.25, 0.3) is 11.0 Å². The summed E-state index contributed by atoms with van der Waals surface area (Å²) in [5.74, 6) is 0.740. The zero-order valence-electron chi connectivity index (χ0n) is 15.7. The monoisotopic (exact) mass is 352 g/mol. The molecule has 2 aromatic heterocycles. The quantitative estimate of drug-likeness (QED) is 0.692. The number of carbonyl (C=O) groups is 1. The van der Waals surface area contributed by atoms with E-state index in [1.54, 1.807) is 4.68 Å². The van der Waals surface area contributed by atoms with Gasteiger partial charge in [0.15, 0.2) is 5.65 Å². The summed E-state index contributed by atoms with van der Waals surface area (Å²) in [5, 5.41) is 8.21. The fourth-order valence-corrected chi connectivity index (χ4v) is 2.93. The highest BCUT2D eigenvalue weighted by molar-refractivity contribution is 5.98. The lowest BCUT2D eigenvalue weighted by Crippen LogP contribution is -2.26. The number of benzene rings is 1. The van der Waals surface area contributed by atoms with Crippen LogP contribution in [0.3, 0.4) is 0 Å². The van der Waals surface area contributed by atoms with Gasteiger partial charge in [0.1, 0.15) is 5.75 Å². The molecule has 6 nitrogen and oxygen atoms in total. The third kappa shape index (κ3) is 3.85. The Morgan fingerprint density at radius 1 is 1.19 bits per heavy atom. The maximum Gasteiger partial charge on any atom is 0.253 e. The molecule has 0 aliphatic heterocycles. The van der Waals surface area contributed by atoms with Crippen molar-refractivity contribution in [2.75, 3.05) is 13.2 Å². The van der Waals surface area contributed by atoms with E-state index in [0.29, 0.717) is 24.4 Å². The summed E-state index contributed by atoms with van der Waals surface area (Å²) in [7, 11) is 1.86. The molecule has 3 aromatic rings. The van der Waals surface area contributed by atoms with Crippen LogP contribution in [0, 0.1) is 20.8 Å². The third-order valence-electron chi connectivity index (χ3n) is 4.30. The second kappa shape index (κ2) is 7.56. The van der Waals surface area contributed by atoms with Gasteiger partial charge in [0.2, 0.25) is 0 Å². The van der Waals surface area contributed by atoms with Gasteiger partial charge in [-0.15, -0.1) is 0 Å². The SMILES string of the molecule is Cc1cccc(OCCCNC(=O)c2cc3c(C)nn(C)c3nc2C)c1. The van der Waals surface area contributed by atoms with E-state index >= 15 is 0 Å². The van der Waals surface area contributed by atoms with Crippen molar-refractivity contribution >= 4 is 16.9 Å². The number of hydrogen-bond donors (Lipinski definition) is 1. The van der Waals surface area contributed by atoms with Gasteiger partial charge in [-0.2, -0.15) is 5.10 Å². The highest BCUT2D eigenvalue weighted by atomic mass is 16.5. The van der Waals surface area contributed by atoms with E-state index in [-0.39, 0.29) is 5.91 Å². The summed E-state index contributed by atoms with van der Waals surface area (Å²) in [4.78, 5) is 17.0. The Kier molecular flexibility index (Phi) is 5.21. The lowest BCUT2D eigenvalue weighted by Gasteiger charge is -2.09. The van der Waals surface area contributed by atoms with Crippen molar-refractivity contribution in [3.63, 3.8) is 0 Å². The Morgan fingerprint density at radius 2 is 2.00 bits per heavy atom. The largest absolute Gasteiger partial charge is 0.494 e. The number of nitrogens with one attached hydrogen (secondary N) is 1. The van der Waals surface area contributed by atoms with Gasteiger partial charge in [-0.1, -0.05) is 12.1 Å². The van der Waals surface area contributed by atoms with Crippen LogP contribution in [0.1, 0.15) is 33.7 Å². The first-order chi connectivity index (χ1) is 12.5. The van der Waals surface area contributed by atoms with Crippen LogP contribution >= 0.6 is 0 Å². The number of ether oxygens (including phenoxy) is 1. The predicted octanol–water partition coefficient (Wildman–Crippen LogP) is 3.09. The number of amides is 1. The number of pyridine rings is 1. The highest BCUT2D eigenvalue weighted by Gasteiger charge is 2.15. The smallest absolute Gasteiger partial charge is 0.253 e. The summed E-state index contributed by atoms with van der Waals surface area (Å²) in [6.45, 7) is 6.90. The molecule has 136 valence electrons. The molecule has 0 saturated heterocycles. The number of carbonyl (C=O) groups excluding carboxylic acids is 1. The molecule has 0 aliphatic rings. The molecular weight excluding hydrogens is 328 g/mol. The van der Waals surface area contributed by atoms with E-state index < -0.39 is 0 Å². The van der Waals surface area contributed by atoms with Gasteiger partial charge < -0.3 is 10.1 Å². The maximum atomic E-state index is 12.5. The fourth-order valence-electron chi connectivity index (χ4n) is 2.93. The van der Waals surface area contributed by atoms with Crippen LogP contribution in [0.4, 0.5) is 0 Å². The number of fused-ring (bicyclic) bond motifs is 1. The van der Waals surface area contributed by atoms with Gasteiger partial charge in [-0.05, 0) is 51.0 Å². The third-order valence-corrected chi connectivity index (χ3v) is 4.30. The van der Waals surface area contributed by atoms with Crippen LogP contribution < -0.4 is 10.1 Å². The number of nitrogens with zero attached hydrogens (tertiary/aromatic N) is 3. The highest BCUT2D eigenvalue weighted by Crippen LogP contribution is 2.19. The van der Waals surface area contributed by atoms with E-state index in [9.17, 15) is 4.79 Å². The van der Waals surface area contributed by atoms with Crippen LogP contribution in [0.2, 0.25) is 0 Å². The van der Waals surface area contributed by atoms with Crippen molar-refractivity contribution in [2.24, 2.45) is 7.05 Å². The molecule has 0 atom stereocenters. The molecule has 26 heavy (non-hydrogen) atoms. The Hall–Kier alpha value is -2.89. The van der Waals surface area contributed by atoms with Crippen molar-refractivity contribution < 1.29 is 9.53 Å². The molecule has 6 heteroatoms. The van der Waals surface area contributed by atoms with Gasteiger partial charge in [-0.25, -0.2) is 4.98 Å². The van der Waals surface area contributed by atoms with Crippen LogP contribution in [-0.2, 0) is 7.05 Å². The van der Waals surface area contributed by atoms with E-state index in [0.717, 1.165) is 28.9 Å². The zero-order chi connectivity index (χ0) is 18.7. The molecule has 0 aliphatic carbocycles.